The van der Waals surface area contributed by atoms with Crippen LogP contribution in [-0.4, -0.2) is 66.5 Å². The molecule has 0 aromatic heterocycles. The summed E-state index contributed by atoms with van der Waals surface area (Å²) in [6.07, 6.45) is 0. The quantitative estimate of drug-likeness (QED) is 0.265. The van der Waals surface area contributed by atoms with E-state index in [0.29, 0.717) is 59.0 Å². The minimum atomic E-state index is -0.351. The highest BCUT2D eigenvalue weighted by molar-refractivity contribution is 7.66. The molecule has 0 saturated heterocycles. The third-order valence-electron chi connectivity index (χ3n) is 4.11. The maximum atomic E-state index is 13.2. The van der Waals surface area contributed by atoms with Crippen molar-refractivity contribution in [3.05, 3.63) is 45.9 Å². The molecule has 1 unspecified atom stereocenters. The van der Waals surface area contributed by atoms with E-state index >= 15 is 0 Å². The first kappa shape index (κ1) is 26.7. The van der Waals surface area contributed by atoms with Gasteiger partial charge in [-0.3, -0.25) is 4.79 Å². The highest BCUT2D eigenvalue weighted by Gasteiger charge is 2.22. The Bertz CT molecular complexity index is 828. The van der Waals surface area contributed by atoms with Crippen molar-refractivity contribution in [1.29, 1.82) is 0 Å². The van der Waals surface area contributed by atoms with Gasteiger partial charge in [0.05, 0.1) is 40.7 Å². The number of benzene rings is 2. The van der Waals surface area contributed by atoms with Crippen molar-refractivity contribution in [2.75, 3.05) is 61.0 Å². The Balaban J connectivity index is 2.42. The van der Waals surface area contributed by atoms with E-state index in [-0.39, 0.29) is 32.9 Å². The first-order valence-electron chi connectivity index (χ1n) is 9.80. The fourth-order valence-corrected chi connectivity index (χ4v) is 4.49. The lowest BCUT2D eigenvalue weighted by Crippen LogP contribution is -2.16. The Morgan fingerprint density at radius 1 is 0.781 bits per heavy atom. The summed E-state index contributed by atoms with van der Waals surface area (Å²) in [4.78, 5) is 13.2. The van der Waals surface area contributed by atoms with Crippen LogP contribution in [0.5, 0.6) is 17.2 Å². The minimum absolute atomic E-state index is 0.234. The number of halogens is 2. The molecule has 0 radical (unpaired) electrons. The standard InChI is InChI=1S/C22H27Cl2O7P/c1-26-7-10-29-15-13-18(30-11-8-27-2)21(19(14-15)31-12-9-28-3)32-22(25)20-16(23)5-4-6-17(20)24/h4-6,13-14,32H,7-12H2,1-3H3. The molecule has 2 rings (SSSR count). The smallest absolute Gasteiger partial charge is 0.188 e. The lowest BCUT2D eigenvalue weighted by Gasteiger charge is -2.18. The topological polar surface area (TPSA) is 72.5 Å². The van der Waals surface area contributed by atoms with Crippen molar-refractivity contribution in [3.63, 3.8) is 0 Å². The third kappa shape index (κ3) is 8.07. The summed E-state index contributed by atoms with van der Waals surface area (Å²) in [6.45, 7) is 2.10. The number of hydrogen-bond donors (Lipinski definition) is 0. The molecule has 0 aliphatic heterocycles. The molecule has 0 aliphatic rings. The molecule has 0 saturated carbocycles. The van der Waals surface area contributed by atoms with Crippen LogP contribution in [-0.2, 0) is 14.2 Å². The fraction of sp³-hybridized carbons (Fsp3) is 0.409. The van der Waals surface area contributed by atoms with E-state index in [1.807, 2.05) is 0 Å². The zero-order valence-electron chi connectivity index (χ0n) is 18.2. The van der Waals surface area contributed by atoms with E-state index < -0.39 is 0 Å². The van der Waals surface area contributed by atoms with Crippen LogP contribution >= 0.6 is 31.8 Å². The van der Waals surface area contributed by atoms with Crippen LogP contribution in [0.4, 0.5) is 0 Å². The molecule has 176 valence electrons. The van der Waals surface area contributed by atoms with E-state index in [9.17, 15) is 4.79 Å². The van der Waals surface area contributed by atoms with Gasteiger partial charge in [-0.25, -0.2) is 0 Å². The summed E-state index contributed by atoms with van der Waals surface area (Å²) in [6, 6.07) is 8.39. The number of carbonyl (C=O) groups is 1. The van der Waals surface area contributed by atoms with Gasteiger partial charge in [-0.05, 0) is 20.7 Å². The zero-order chi connectivity index (χ0) is 23.3. The van der Waals surface area contributed by atoms with Crippen LogP contribution in [0, 0.1) is 0 Å². The van der Waals surface area contributed by atoms with Crippen LogP contribution < -0.4 is 19.5 Å². The van der Waals surface area contributed by atoms with Crippen LogP contribution in [0.1, 0.15) is 10.4 Å². The second-order valence-electron chi connectivity index (χ2n) is 6.37. The van der Waals surface area contributed by atoms with Gasteiger partial charge in [-0.2, -0.15) is 0 Å². The molecule has 1 atom stereocenters. The normalized spacial score (nSPS) is 11.2. The molecule has 2 aromatic rings. The molecular formula is C22H27Cl2O7P. The summed E-state index contributed by atoms with van der Waals surface area (Å²) >= 11 is 12.5. The fourth-order valence-electron chi connectivity index (χ4n) is 2.60. The molecule has 2 aromatic carbocycles. The van der Waals surface area contributed by atoms with E-state index in [0.717, 1.165) is 0 Å². The second-order valence-corrected chi connectivity index (χ2v) is 8.39. The third-order valence-corrected chi connectivity index (χ3v) is 5.96. The molecular weight excluding hydrogens is 478 g/mol. The first-order chi connectivity index (χ1) is 15.5. The van der Waals surface area contributed by atoms with Crippen molar-refractivity contribution >= 4 is 42.6 Å². The van der Waals surface area contributed by atoms with Gasteiger partial charge in [0.2, 0.25) is 0 Å². The molecule has 10 heteroatoms. The lowest BCUT2D eigenvalue weighted by molar-refractivity contribution is 0.108. The average Bonchev–Trinajstić information content (AvgIpc) is 2.76. The second kappa shape index (κ2) is 14.5. The van der Waals surface area contributed by atoms with Gasteiger partial charge in [0.25, 0.3) is 0 Å². The van der Waals surface area contributed by atoms with E-state index in [4.69, 9.17) is 51.6 Å². The van der Waals surface area contributed by atoms with Crippen molar-refractivity contribution in [2.45, 2.75) is 0 Å². The molecule has 0 amide bonds. The Kier molecular flexibility index (Phi) is 12.1. The maximum absolute atomic E-state index is 13.2. The predicted molar refractivity (Wildman–Crippen MR) is 127 cm³/mol. The molecule has 0 heterocycles. The Labute approximate surface area is 200 Å². The van der Waals surface area contributed by atoms with Crippen LogP contribution in [0.3, 0.4) is 0 Å². The monoisotopic (exact) mass is 504 g/mol. The minimum Gasteiger partial charge on any atom is -0.491 e. The summed E-state index contributed by atoms with van der Waals surface area (Å²) in [7, 11) is 4.41. The summed E-state index contributed by atoms with van der Waals surface area (Å²) in [5.74, 6) is 1.44. The molecule has 0 bridgehead atoms. The van der Waals surface area contributed by atoms with Gasteiger partial charge in [0.15, 0.2) is 5.52 Å². The van der Waals surface area contributed by atoms with Gasteiger partial charge in [-0.1, -0.05) is 29.3 Å². The van der Waals surface area contributed by atoms with Gasteiger partial charge in [0.1, 0.15) is 37.1 Å². The predicted octanol–water partition coefficient (Wildman–Crippen LogP) is 4.21. The summed E-state index contributed by atoms with van der Waals surface area (Å²) in [5, 5.41) is 1.16. The summed E-state index contributed by atoms with van der Waals surface area (Å²) in [5.41, 5.74) is 0.0297. The first-order valence-corrected chi connectivity index (χ1v) is 11.6. The SMILES string of the molecule is COCCOc1cc(OCCOC)c(PC(=O)c2c(Cl)cccc2Cl)c(OCCOC)c1. The van der Waals surface area contributed by atoms with Crippen LogP contribution in [0.25, 0.3) is 0 Å². The molecule has 7 nitrogen and oxygen atoms in total. The van der Waals surface area contributed by atoms with Crippen LogP contribution in [0.2, 0.25) is 10.0 Å². The molecule has 32 heavy (non-hydrogen) atoms. The number of ether oxygens (including phenoxy) is 6. The molecule has 0 N–H and O–H groups in total. The number of hydrogen-bond acceptors (Lipinski definition) is 7. The summed E-state index contributed by atoms with van der Waals surface area (Å²) < 4.78 is 32.8. The van der Waals surface area contributed by atoms with Gasteiger partial charge in [-0.15, -0.1) is 0 Å². The maximum Gasteiger partial charge on any atom is 0.188 e. The van der Waals surface area contributed by atoms with Gasteiger partial charge < -0.3 is 28.4 Å². The Hall–Kier alpha value is -1.60. The van der Waals surface area contributed by atoms with Crippen molar-refractivity contribution in [2.24, 2.45) is 0 Å². The van der Waals surface area contributed by atoms with Crippen LogP contribution in [0.15, 0.2) is 30.3 Å². The molecule has 0 fully saturated rings. The van der Waals surface area contributed by atoms with Crippen molar-refractivity contribution < 1.29 is 33.2 Å². The number of rotatable bonds is 15. The highest BCUT2D eigenvalue weighted by atomic mass is 35.5. The Morgan fingerprint density at radius 3 is 1.72 bits per heavy atom. The van der Waals surface area contributed by atoms with E-state index in [2.05, 4.69) is 0 Å². The highest BCUT2D eigenvalue weighted by Crippen LogP contribution is 2.37. The van der Waals surface area contributed by atoms with Crippen molar-refractivity contribution in [3.8, 4) is 17.2 Å². The molecule has 0 spiro atoms. The Morgan fingerprint density at radius 2 is 1.25 bits per heavy atom. The number of methoxy groups -OCH3 is 3. The van der Waals surface area contributed by atoms with Gasteiger partial charge >= 0.3 is 0 Å². The molecule has 0 aliphatic carbocycles. The zero-order valence-corrected chi connectivity index (χ0v) is 20.8. The lowest BCUT2D eigenvalue weighted by atomic mass is 10.2. The van der Waals surface area contributed by atoms with E-state index in [1.54, 1.807) is 51.7 Å². The van der Waals surface area contributed by atoms with Gasteiger partial charge in [0, 0.05) is 33.5 Å². The van der Waals surface area contributed by atoms with Crippen molar-refractivity contribution in [1.82, 2.24) is 0 Å². The number of carbonyl (C=O) groups excluding carboxylic acids is 1. The average molecular weight is 505 g/mol. The largest absolute Gasteiger partial charge is 0.491 e. The van der Waals surface area contributed by atoms with E-state index in [1.165, 1.54) is 0 Å².